The molecule has 17 heavy (non-hydrogen) atoms. The number of nitrogens with zero attached hydrogens (tertiary/aromatic N) is 1. The normalized spacial score (nSPS) is 29.6. The second-order valence-corrected chi connectivity index (χ2v) is 5.59. The van der Waals surface area contributed by atoms with Crippen LogP contribution in [0, 0.1) is 29.1 Å². The minimum Gasteiger partial charge on any atom is -0.314 e. The van der Waals surface area contributed by atoms with Crippen LogP contribution in [-0.2, 0) is 4.74 Å². The average Bonchev–Trinajstić information content (AvgIpc) is 2.42. The van der Waals surface area contributed by atoms with Crippen LogP contribution in [0.25, 0.3) is 0 Å². The SMILES string of the molecule is CCC(CC(C)C#N)C1CC(F)(F)OC1(C)C. The summed E-state index contributed by atoms with van der Waals surface area (Å²) in [6.45, 7) is 7.27. The highest BCUT2D eigenvalue weighted by Gasteiger charge is 2.54. The van der Waals surface area contributed by atoms with E-state index in [-0.39, 0.29) is 24.2 Å². The Morgan fingerprint density at radius 2 is 2.06 bits per heavy atom. The highest BCUT2D eigenvalue weighted by molar-refractivity contribution is 4.94. The quantitative estimate of drug-likeness (QED) is 0.750. The van der Waals surface area contributed by atoms with E-state index >= 15 is 0 Å². The standard InChI is InChI=1S/C13H21F2NO/c1-5-10(6-9(2)8-16)11-7-13(14,15)17-12(11,3)4/h9-11H,5-7H2,1-4H3. The molecule has 3 unspecified atom stereocenters. The van der Waals surface area contributed by atoms with Crippen molar-refractivity contribution in [2.45, 2.75) is 58.7 Å². The molecule has 1 saturated heterocycles. The number of hydrogen-bond donors (Lipinski definition) is 0. The molecule has 1 fully saturated rings. The van der Waals surface area contributed by atoms with Gasteiger partial charge in [0.2, 0.25) is 0 Å². The van der Waals surface area contributed by atoms with Gasteiger partial charge >= 0.3 is 6.11 Å². The summed E-state index contributed by atoms with van der Waals surface area (Å²) >= 11 is 0. The Morgan fingerprint density at radius 1 is 1.47 bits per heavy atom. The van der Waals surface area contributed by atoms with Crippen molar-refractivity contribution in [1.82, 2.24) is 0 Å². The van der Waals surface area contributed by atoms with Crippen molar-refractivity contribution in [1.29, 1.82) is 5.26 Å². The van der Waals surface area contributed by atoms with Crippen LogP contribution in [-0.4, -0.2) is 11.7 Å². The zero-order valence-electron chi connectivity index (χ0n) is 11.0. The topological polar surface area (TPSA) is 33.0 Å². The predicted octanol–water partition coefficient (Wildman–Crippen LogP) is 3.97. The fourth-order valence-corrected chi connectivity index (χ4v) is 2.86. The second-order valence-electron chi connectivity index (χ2n) is 5.59. The van der Waals surface area contributed by atoms with E-state index in [2.05, 4.69) is 6.07 Å². The Kier molecular flexibility index (Phi) is 4.14. The lowest BCUT2D eigenvalue weighted by molar-refractivity contribution is -0.246. The van der Waals surface area contributed by atoms with E-state index in [0.29, 0.717) is 6.42 Å². The molecule has 0 N–H and O–H groups in total. The van der Waals surface area contributed by atoms with Crippen LogP contribution < -0.4 is 0 Å². The van der Waals surface area contributed by atoms with Gasteiger partial charge in [-0.3, -0.25) is 0 Å². The lowest BCUT2D eigenvalue weighted by Crippen LogP contribution is -2.33. The van der Waals surface area contributed by atoms with E-state index < -0.39 is 11.7 Å². The molecule has 0 aromatic heterocycles. The van der Waals surface area contributed by atoms with Gasteiger partial charge in [-0.25, -0.2) is 0 Å². The molecular formula is C13H21F2NO. The van der Waals surface area contributed by atoms with Crippen molar-refractivity contribution in [2.75, 3.05) is 0 Å². The van der Waals surface area contributed by atoms with Crippen LogP contribution in [0.4, 0.5) is 8.78 Å². The lowest BCUT2D eigenvalue weighted by atomic mass is 9.75. The smallest absolute Gasteiger partial charge is 0.314 e. The van der Waals surface area contributed by atoms with Gasteiger partial charge in [0.1, 0.15) is 0 Å². The molecule has 0 aromatic rings. The minimum atomic E-state index is -3.02. The molecule has 1 rings (SSSR count). The molecule has 0 spiro atoms. The maximum atomic E-state index is 13.3. The largest absolute Gasteiger partial charge is 0.356 e. The summed E-state index contributed by atoms with van der Waals surface area (Å²) in [6, 6.07) is 2.17. The Labute approximate surface area is 102 Å². The highest BCUT2D eigenvalue weighted by atomic mass is 19.3. The molecule has 0 amide bonds. The first-order chi connectivity index (χ1) is 7.72. The van der Waals surface area contributed by atoms with Gasteiger partial charge in [0, 0.05) is 12.3 Å². The van der Waals surface area contributed by atoms with E-state index in [1.165, 1.54) is 0 Å². The molecule has 1 aliphatic rings. The molecule has 0 aliphatic carbocycles. The van der Waals surface area contributed by atoms with E-state index in [9.17, 15) is 8.78 Å². The third kappa shape index (κ3) is 3.38. The predicted molar refractivity (Wildman–Crippen MR) is 61.4 cm³/mol. The summed E-state index contributed by atoms with van der Waals surface area (Å²) in [4.78, 5) is 0. The van der Waals surface area contributed by atoms with Crippen molar-refractivity contribution in [3.8, 4) is 6.07 Å². The molecule has 2 nitrogen and oxygen atoms in total. The second kappa shape index (κ2) is 4.89. The van der Waals surface area contributed by atoms with Gasteiger partial charge in [-0.1, -0.05) is 13.3 Å². The lowest BCUT2D eigenvalue weighted by Gasteiger charge is -2.32. The molecule has 0 bridgehead atoms. The van der Waals surface area contributed by atoms with Gasteiger partial charge in [0.25, 0.3) is 0 Å². The molecule has 1 aliphatic heterocycles. The van der Waals surface area contributed by atoms with Crippen LogP contribution in [0.1, 0.15) is 47.0 Å². The van der Waals surface area contributed by atoms with Crippen molar-refractivity contribution in [2.24, 2.45) is 17.8 Å². The number of alkyl halides is 2. The maximum Gasteiger partial charge on any atom is 0.356 e. The van der Waals surface area contributed by atoms with E-state index in [1.54, 1.807) is 13.8 Å². The summed E-state index contributed by atoms with van der Waals surface area (Å²) < 4.78 is 31.5. The number of ether oxygens (including phenoxy) is 1. The van der Waals surface area contributed by atoms with E-state index in [4.69, 9.17) is 10.00 Å². The molecule has 4 heteroatoms. The first-order valence-corrected chi connectivity index (χ1v) is 6.19. The Bertz CT molecular complexity index is 309. The van der Waals surface area contributed by atoms with Crippen LogP contribution in [0.15, 0.2) is 0 Å². The molecule has 98 valence electrons. The van der Waals surface area contributed by atoms with Gasteiger partial charge < -0.3 is 4.74 Å². The zero-order chi connectivity index (χ0) is 13.3. The minimum absolute atomic E-state index is 0.0926. The van der Waals surface area contributed by atoms with Crippen molar-refractivity contribution >= 4 is 0 Å². The zero-order valence-corrected chi connectivity index (χ0v) is 11.0. The maximum absolute atomic E-state index is 13.3. The Balaban J connectivity index is 2.79. The summed E-state index contributed by atoms with van der Waals surface area (Å²) in [6.07, 6.45) is -1.77. The summed E-state index contributed by atoms with van der Waals surface area (Å²) in [5, 5.41) is 8.83. The van der Waals surface area contributed by atoms with Gasteiger partial charge in [0.05, 0.1) is 11.7 Å². The highest BCUT2D eigenvalue weighted by Crippen LogP contribution is 2.49. The van der Waals surface area contributed by atoms with Crippen LogP contribution in [0.3, 0.4) is 0 Å². The Hall–Kier alpha value is -0.690. The Morgan fingerprint density at radius 3 is 2.41 bits per heavy atom. The van der Waals surface area contributed by atoms with Gasteiger partial charge in [0.15, 0.2) is 0 Å². The van der Waals surface area contributed by atoms with Gasteiger partial charge in [-0.2, -0.15) is 14.0 Å². The molecule has 0 radical (unpaired) electrons. The third-order valence-corrected chi connectivity index (χ3v) is 3.73. The monoisotopic (exact) mass is 245 g/mol. The first kappa shape index (κ1) is 14.4. The molecule has 3 atom stereocenters. The molecule has 1 heterocycles. The summed E-state index contributed by atoms with van der Waals surface area (Å²) in [7, 11) is 0. The van der Waals surface area contributed by atoms with E-state index in [1.807, 2.05) is 13.8 Å². The van der Waals surface area contributed by atoms with Gasteiger partial charge in [-0.15, -0.1) is 0 Å². The van der Waals surface area contributed by atoms with Crippen molar-refractivity contribution < 1.29 is 13.5 Å². The average molecular weight is 245 g/mol. The molecule has 0 saturated carbocycles. The summed E-state index contributed by atoms with van der Waals surface area (Å²) in [5.41, 5.74) is -0.806. The van der Waals surface area contributed by atoms with Gasteiger partial charge in [-0.05, 0) is 39.0 Å². The first-order valence-electron chi connectivity index (χ1n) is 6.19. The van der Waals surface area contributed by atoms with E-state index in [0.717, 1.165) is 6.42 Å². The van der Waals surface area contributed by atoms with Crippen molar-refractivity contribution in [3.05, 3.63) is 0 Å². The third-order valence-electron chi connectivity index (χ3n) is 3.73. The van der Waals surface area contributed by atoms with Crippen LogP contribution in [0.5, 0.6) is 0 Å². The number of nitriles is 1. The summed E-state index contributed by atoms with van der Waals surface area (Å²) in [5.74, 6) is -0.156. The number of rotatable bonds is 4. The molecular weight excluding hydrogens is 224 g/mol. The van der Waals surface area contributed by atoms with Crippen LogP contribution >= 0.6 is 0 Å². The fourth-order valence-electron chi connectivity index (χ4n) is 2.86. The molecule has 0 aromatic carbocycles. The fraction of sp³-hybridized carbons (Fsp3) is 0.923. The number of hydrogen-bond acceptors (Lipinski definition) is 2. The number of halogens is 2. The van der Waals surface area contributed by atoms with Crippen LogP contribution in [0.2, 0.25) is 0 Å². The van der Waals surface area contributed by atoms with Crippen molar-refractivity contribution in [3.63, 3.8) is 0 Å².